The Balaban J connectivity index is 2.96. The van der Waals surface area contributed by atoms with Gasteiger partial charge in [0.15, 0.2) is 5.92 Å². The minimum Gasteiger partial charge on any atom is -0.196 e. The highest BCUT2D eigenvalue weighted by Gasteiger charge is 2.06. The maximum Gasteiger partial charge on any atom is 0.158 e. The molecule has 0 spiro atoms. The van der Waals surface area contributed by atoms with Crippen molar-refractivity contribution in [3.63, 3.8) is 0 Å². The van der Waals surface area contributed by atoms with Crippen LogP contribution in [0, 0.1) is 28.7 Å². The first kappa shape index (κ1) is 7.31. The zero-order chi connectivity index (χ0) is 8.10. The SMILES string of the molecule is N#CC(C#N)c1[c]cccc1. The van der Waals surface area contributed by atoms with Crippen molar-refractivity contribution in [2.24, 2.45) is 0 Å². The standard InChI is InChI=1S/C9H5N2/c10-6-9(7-11)8-4-2-1-3-5-8/h1-4,9H. The fraction of sp³-hybridized carbons (Fsp3) is 0.111. The Labute approximate surface area is 65.3 Å². The van der Waals surface area contributed by atoms with Crippen LogP contribution < -0.4 is 0 Å². The van der Waals surface area contributed by atoms with Crippen molar-refractivity contribution in [1.82, 2.24) is 0 Å². The van der Waals surface area contributed by atoms with Crippen LogP contribution in [0.2, 0.25) is 0 Å². The van der Waals surface area contributed by atoms with Crippen molar-refractivity contribution in [1.29, 1.82) is 10.5 Å². The second kappa shape index (κ2) is 3.39. The van der Waals surface area contributed by atoms with Gasteiger partial charge >= 0.3 is 0 Å². The summed E-state index contributed by atoms with van der Waals surface area (Å²) in [6, 6.07) is 13.6. The molecule has 0 unspecified atom stereocenters. The summed E-state index contributed by atoms with van der Waals surface area (Å²) < 4.78 is 0. The number of nitrogens with zero attached hydrogens (tertiary/aromatic N) is 2. The van der Waals surface area contributed by atoms with Crippen LogP contribution in [0.3, 0.4) is 0 Å². The zero-order valence-electron chi connectivity index (χ0n) is 5.78. The van der Waals surface area contributed by atoms with E-state index in [1.165, 1.54) is 0 Å². The molecule has 0 N–H and O–H groups in total. The third kappa shape index (κ3) is 1.56. The molecule has 0 heterocycles. The molecule has 1 rings (SSSR count). The minimum absolute atomic E-state index is 0.637. The molecule has 0 atom stereocenters. The van der Waals surface area contributed by atoms with Gasteiger partial charge in [-0.15, -0.1) is 0 Å². The van der Waals surface area contributed by atoms with E-state index in [0.29, 0.717) is 5.56 Å². The van der Waals surface area contributed by atoms with Crippen molar-refractivity contribution in [2.45, 2.75) is 5.92 Å². The van der Waals surface area contributed by atoms with E-state index >= 15 is 0 Å². The lowest BCUT2D eigenvalue weighted by atomic mass is 10.0. The predicted molar refractivity (Wildman–Crippen MR) is 39.2 cm³/mol. The molecular formula is C9H5N2. The Morgan fingerprint density at radius 1 is 1.27 bits per heavy atom. The molecule has 0 saturated carbocycles. The third-order valence-electron chi connectivity index (χ3n) is 1.30. The van der Waals surface area contributed by atoms with Gasteiger partial charge in [0.25, 0.3) is 0 Å². The van der Waals surface area contributed by atoms with Gasteiger partial charge in [-0.1, -0.05) is 24.3 Å². The average Bonchev–Trinajstić information content (AvgIpc) is 2.09. The first-order valence-electron chi connectivity index (χ1n) is 3.14. The molecule has 0 aliphatic rings. The Bertz CT molecular complexity index is 289. The molecular weight excluding hydrogens is 136 g/mol. The van der Waals surface area contributed by atoms with Crippen LogP contribution in [-0.4, -0.2) is 0 Å². The molecule has 2 heteroatoms. The Kier molecular flexibility index (Phi) is 2.25. The molecule has 1 aromatic carbocycles. The lowest BCUT2D eigenvalue weighted by Gasteiger charge is -1.95. The summed E-state index contributed by atoms with van der Waals surface area (Å²) in [7, 11) is 0. The summed E-state index contributed by atoms with van der Waals surface area (Å²) in [5.74, 6) is -0.684. The van der Waals surface area contributed by atoms with Crippen molar-refractivity contribution >= 4 is 0 Å². The summed E-state index contributed by atoms with van der Waals surface area (Å²) in [6.07, 6.45) is 0. The van der Waals surface area contributed by atoms with E-state index in [-0.39, 0.29) is 0 Å². The molecule has 0 aliphatic carbocycles. The molecule has 0 aromatic heterocycles. The molecule has 0 amide bonds. The highest BCUT2D eigenvalue weighted by molar-refractivity contribution is 5.29. The topological polar surface area (TPSA) is 47.6 Å². The highest BCUT2D eigenvalue weighted by atomic mass is 14.3. The van der Waals surface area contributed by atoms with Crippen LogP contribution in [0.1, 0.15) is 11.5 Å². The van der Waals surface area contributed by atoms with E-state index in [1.807, 2.05) is 12.1 Å². The summed E-state index contributed by atoms with van der Waals surface area (Å²) in [6.45, 7) is 0. The van der Waals surface area contributed by atoms with Crippen molar-refractivity contribution in [3.05, 3.63) is 35.9 Å². The maximum atomic E-state index is 8.49. The van der Waals surface area contributed by atoms with Gasteiger partial charge in [-0.05, 0) is 11.6 Å². The molecule has 0 saturated heterocycles. The van der Waals surface area contributed by atoms with Crippen LogP contribution >= 0.6 is 0 Å². The van der Waals surface area contributed by atoms with Crippen molar-refractivity contribution in [3.8, 4) is 12.1 Å². The smallest absolute Gasteiger partial charge is 0.158 e. The first-order valence-corrected chi connectivity index (χ1v) is 3.14. The van der Waals surface area contributed by atoms with Gasteiger partial charge in [-0.25, -0.2) is 0 Å². The van der Waals surface area contributed by atoms with Crippen LogP contribution in [0.5, 0.6) is 0 Å². The Hall–Kier alpha value is -1.80. The van der Waals surface area contributed by atoms with Gasteiger partial charge in [0.05, 0.1) is 12.1 Å². The van der Waals surface area contributed by atoms with Crippen LogP contribution in [0.4, 0.5) is 0 Å². The number of hydrogen-bond acceptors (Lipinski definition) is 2. The van der Waals surface area contributed by atoms with E-state index in [4.69, 9.17) is 10.5 Å². The van der Waals surface area contributed by atoms with Gasteiger partial charge in [0.2, 0.25) is 0 Å². The number of benzene rings is 1. The number of hydrogen-bond donors (Lipinski definition) is 0. The minimum atomic E-state index is -0.684. The molecule has 0 bridgehead atoms. The quantitative estimate of drug-likeness (QED) is 0.596. The molecule has 2 nitrogen and oxygen atoms in total. The molecule has 0 aliphatic heterocycles. The summed E-state index contributed by atoms with van der Waals surface area (Å²) >= 11 is 0. The summed E-state index contributed by atoms with van der Waals surface area (Å²) in [5, 5.41) is 17.0. The largest absolute Gasteiger partial charge is 0.196 e. The lowest BCUT2D eigenvalue weighted by Crippen LogP contribution is -1.90. The molecule has 51 valence electrons. The Morgan fingerprint density at radius 2 is 2.00 bits per heavy atom. The predicted octanol–water partition coefficient (Wildman–Crippen LogP) is 1.62. The zero-order valence-corrected chi connectivity index (χ0v) is 5.78. The van der Waals surface area contributed by atoms with Crippen LogP contribution in [0.15, 0.2) is 24.3 Å². The lowest BCUT2D eigenvalue weighted by molar-refractivity contribution is 1.10. The molecule has 11 heavy (non-hydrogen) atoms. The Morgan fingerprint density at radius 3 is 2.45 bits per heavy atom. The van der Waals surface area contributed by atoms with E-state index in [2.05, 4.69) is 6.07 Å². The van der Waals surface area contributed by atoms with E-state index in [1.54, 1.807) is 24.3 Å². The number of rotatable bonds is 1. The van der Waals surface area contributed by atoms with Gasteiger partial charge in [-0.3, -0.25) is 0 Å². The van der Waals surface area contributed by atoms with Crippen molar-refractivity contribution in [2.75, 3.05) is 0 Å². The summed E-state index contributed by atoms with van der Waals surface area (Å²) in [4.78, 5) is 0. The second-order valence-electron chi connectivity index (χ2n) is 2.01. The van der Waals surface area contributed by atoms with Crippen LogP contribution in [0.25, 0.3) is 0 Å². The highest BCUT2D eigenvalue weighted by Crippen LogP contribution is 2.11. The first-order chi connectivity index (χ1) is 5.38. The fourth-order valence-electron chi connectivity index (χ4n) is 0.755. The third-order valence-corrected chi connectivity index (χ3v) is 1.30. The normalized spacial score (nSPS) is 8.64. The van der Waals surface area contributed by atoms with E-state index in [9.17, 15) is 0 Å². The number of nitriles is 2. The van der Waals surface area contributed by atoms with Crippen molar-refractivity contribution < 1.29 is 0 Å². The maximum absolute atomic E-state index is 8.49. The van der Waals surface area contributed by atoms with E-state index < -0.39 is 5.92 Å². The monoisotopic (exact) mass is 141 g/mol. The van der Waals surface area contributed by atoms with E-state index in [0.717, 1.165) is 0 Å². The van der Waals surface area contributed by atoms with Gasteiger partial charge in [0, 0.05) is 0 Å². The molecule has 0 fully saturated rings. The summed E-state index contributed by atoms with van der Waals surface area (Å²) in [5.41, 5.74) is 0.637. The molecule has 1 aromatic rings. The van der Waals surface area contributed by atoms with Crippen LogP contribution in [-0.2, 0) is 0 Å². The second-order valence-corrected chi connectivity index (χ2v) is 2.01. The average molecular weight is 141 g/mol. The van der Waals surface area contributed by atoms with Gasteiger partial charge < -0.3 is 0 Å². The van der Waals surface area contributed by atoms with Gasteiger partial charge in [0.1, 0.15) is 0 Å². The van der Waals surface area contributed by atoms with Gasteiger partial charge in [-0.2, -0.15) is 10.5 Å². The fourth-order valence-corrected chi connectivity index (χ4v) is 0.755. The molecule has 1 radical (unpaired) electrons.